The van der Waals surface area contributed by atoms with Gasteiger partial charge >= 0.3 is 23.9 Å². The third-order valence-corrected chi connectivity index (χ3v) is 8.20. The van der Waals surface area contributed by atoms with E-state index in [2.05, 4.69) is 0 Å². The minimum atomic E-state index is -1.34. The van der Waals surface area contributed by atoms with Crippen LogP contribution in [0.15, 0.2) is 23.0 Å². The van der Waals surface area contributed by atoms with E-state index in [9.17, 15) is 19.2 Å². The van der Waals surface area contributed by atoms with Gasteiger partial charge in [0.2, 0.25) is 0 Å². The molecule has 0 unspecified atom stereocenters. The number of esters is 4. The average molecular weight is 507 g/mol. The molecule has 3 fully saturated rings. The summed E-state index contributed by atoms with van der Waals surface area (Å²) in [6.07, 6.45) is 1.21. The Bertz CT molecular complexity index is 1030. The molecule has 10 nitrogen and oxygen atoms in total. The third-order valence-electron chi connectivity index (χ3n) is 8.20. The molecular formula is C26H34O10. The monoisotopic (exact) mass is 506 g/mol. The lowest BCUT2D eigenvalue weighted by Crippen LogP contribution is -2.74. The Kier molecular flexibility index (Phi) is 6.70. The Hall–Kier alpha value is -2.88. The molecule has 10 heteroatoms. The Labute approximate surface area is 209 Å². The van der Waals surface area contributed by atoms with Crippen LogP contribution in [0.4, 0.5) is 0 Å². The molecule has 2 bridgehead atoms. The second-order valence-electron chi connectivity index (χ2n) is 10.7. The minimum absolute atomic E-state index is 0.0717. The molecule has 36 heavy (non-hydrogen) atoms. The van der Waals surface area contributed by atoms with Gasteiger partial charge in [0.25, 0.3) is 0 Å². The smallest absolute Gasteiger partial charge is 0.341 e. The number of fused-ring (bicyclic) bond motifs is 1. The standard InChI is InChI=1S/C26H34O10/c1-14-7-8-20(33-16(3)28)25(13-32-15(2)27)22(35-23(30)18-9-10-31-12-18)21(34-17(4)29)19-11-26(14,25)36-24(19,5)6/h9-10,12,14,19-22H,7-8,11,13H2,1-6H3/t14-,19+,20+,21+,22-,25+,26+/m1/s1. The normalized spacial score (nSPS) is 36.3. The average Bonchev–Trinajstić information content (AvgIpc) is 3.38. The van der Waals surface area contributed by atoms with Crippen LogP contribution in [0.25, 0.3) is 0 Å². The topological polar surface area (TPSA) is 128 Å². The molecule has 2 saturated carbocycles. The van der Waals surface area contributed by atoms with E-state index in [1.165, 1.54) is 39.4 Å². The Morgan fingerprint density at radius 3 is 2.28 bits per heavy atom. The summed E-state index contributed by atoms with van der Waals surface area (Å²) in [6, 6.07) is 1.46. The van der Waals surface area contributed by atoms with E-state index in [4.69, 9.17) is 28.1 Å². The first-order valence-corrected chi connectivity index (χ1v) is 12.2. The SMILES string of the molecule is CC(=O)OC[C@@]12[C@@H](OC(C)=O)CC[C@@H](C)[C@@]13C[C@@H]([C@H](OC(C)=O)[C@H]2OC(=O)c1ccoc1)C(C)(C)O3. The maximum absolute atomic E-state index is 13.3. The lowest BCUT2D eigenvalue weighted by molar-refractivity contribution is -0.288. The van der Waals surface area contributed by atoms with Crippen molar-refractivity contribution in [2.75, 3.05) is 6.61 Å². The predicted octanol–water partition coefficient (Wildman–Crippen LogP) is 3.22. The van der Waals surface area contributed by atoms with Gasteiger partial charge in [0.1, 0.15) is 30.5 Å². The molecule has 2 aliphatic carbocycles. The first kappa shape index (κ1) is 26.2. The maximum atomic E-state index is 13.3. The molecule has 0 amide bonds. The highest BCUT2D eigenvalue weighted by molar-refractivity contribution is 5.89. The van der Waals surface area contributed by atoms with E-state index in [0.29, 0.717) is 19.3 Å². The number of hydrogen-bond donors (Lipinski definition) is 0. The Balaban J connectivity index is 1.95. The van der Waals surface area contributed by atoms with E-state index in [1.807, 2.05) is 20.8 Å². The number of ether oxygens (including phenoxy) is 5. The highest BCUT2D eigenvalue weighted by Crippen LogP contribution is 2.67. The van der Waals surface area contributed by atoms with Crippen LogP contribution in [0.1, 0.15) is 71.2 Å². The summed E-state index contributed by atoms with van der Waals surface area (Å²) in [5, 5.41) is 0. The van der Waals surface area contributed by atoms with Crippen LogP contribution in [0.3, 0.4) is 0 Å². The fourth-order valence-corrected chi connectivity index (χ4v) is 6.76. The molecule has 3 aliphatic rings. The molecule has 1 aromatic heterocycles. The molecular weight excluding hydrogens is 472 g/mol. The molecule has 0 radical (unpaired) electrons. The van der Waals surface area contributed by atoms with Crippen molar-refractivity contribution in [1.82, 2.24) is 0 Å². The van der Waals surface area contributed by atoms with Gasteiger partial charge in [0.15, 0.2) is 6.10 Å². The molecule has 7 atom stereocenters. The van der Waals surface area contributed by atoms with Crippen molar-refractivity contribution in [3.8, 4) is 0 Å². The Morgan fingerprint density at radius 2 is 1.69 bits per heavy atom. The molecule has 2 heterocycles. The first-order valence-electron chi connectivity index (χ1n) is 12.2. The van der Waals surface area contributed by atoms with Gasteiger partial charge in [0.05, 0.1) is 23.0 Å². The summed E-state index contributed by atoms with van der Waals surface area (Å²) in [5.41, 5.74) is -2.96. The van der Waals surface area contributed by atoms with Crippen LogP contribution in [0, 0.1) is 17.3 Å². The summed E-state index contributed by atoms with van der Waals surface area (Å²) in [4.78, 5) is 50.0. The summed E-state index contributed by atoms with van der Waals surface area (Å²) < 4.78 is 35.4. The maximum Gasteiger partial charge on any atom is 0.341 e. The van der Waals surface area contributed by atoms with Crippen LogP contribution in [0.5, 0.6) is 0 Å². The van der Waals surface area contributed by atoms with Gasteiger partial charge in [-0.25, -0.2) is 4.79 Å². The van der Waals surface area contributed by atoms with Crippen molar-refractivity contribution in [1.29, 1.82) is 0 Å². The molecule has 0 aromatic carbocycles. The van der Waals surface area contributed by atoms with Crippen molar-refractivity contribution in [2.45, 2.75) is 90.3 Å². The van der Waals surface area contributed by atoms with Crippen molar-refractivity contribution in [3.63, 3.8) is 0 Å². The van der Waals surface area contributed by atoms with Crippen LogP contribution >= 0.6 is 0 Å². The number of furan rings is 1. The number of carbonyl (C=O) groups is 4. The van der Waals surface area contributed by atoms with Crippen LogP contribution in [-0.2, 0) is 38.1 Å². The first-order chi connectivity index (χ1) is 16.8. The largest absolute Gasteiger partial charge is 0.472 e. The quantitative estimate of drug-likeness (QED) is 0.419. The lowest BCUT2D eigenvalue weighted by Gasteiger charge is -2.61. The van der Waals surface area contributed by atoms with Crippen molar-refractivity contribution < 1.29 is 47.3 Å². The summed E-state index contributed by atoms with van der Waals surface area (Å²) in [5.74, 6) is -2.76. The lowest BCUT2D eigenvalue weighted by atomic mass is 9.49. The van der Waals surface area contributed by atoms with Gasteiger partial charge < -0.3 is 28.1 Å². The second-order valence-corrected chi connectivity index (χ2v) is 10.7. The Morgan fingerprint density at radius 1 is 1.00 bits per heavy atom. The highest BCUT2D eigenvalue weighted by Gasteiger charge is 2.79. The molecule has 1 spiro atoms. The number of carbonyl (C=O) groups excluding carboxylic acids is 4. The van der Waals surface area contributed by atoms with Gasteiger partial charge in [-0.05, 0) is 45.1 Å². The van der Waals surface area contributed by atoms with E-state index in [1.54, 1.807) is 0 Å². The zero-order valence-electron chi connectivity index (χ0n) is 21.5. The van der Waals surface area contributed by atoms with Crippen molar-refractivity contribution in [3.05, 3.63) is 24.2 Å². The predicted molar refractivity (Wildman–Crippen MR) is 122 cm³/mol. The summed E-state index contributed by atoms with van der Waals surface area (Å²) in [6.45, 7) is 9.44. The second kappa shape index (κ2) is 9.21. The van der Waals surface area contributed by atoms with Crippen LogP contribution < -0.4 is 0 Å². The van der Waals surface area contributed by atoms with Gasteiger partial charge in [-0.2, -0.15) is 0 Å². The van der Waals surface area contributed by atoms with E-state index in [0.717, 1.165) is 0 Å². The van der Waals surface area contributed by atoms with Gasteiger partial charge in [0, 0.05) is 26.7 Å². The zero-order valence-corrected chi connectivity index (χ0v) is 21.5. The van der Waals surface area contributed by atoms with Crippen LogP contribution in [-0.4, -0.2) is 60.0 Å². The minimum Gasteiger partial charge on any atom is -0.472 e. The van der Waals surface area contributed by atoms with Gasteiger partial charge in [-0.3, -0.25) is 14.4 Å². The fraction of sp³-hybridized carbons (Fsp3) is 0.692. The number of rotatable bonds is 6. The summed E-state index contributed by atoms with van der Waals surface area (Å²) >= 11 is 0. The zero-order chi connectivity index (χ0) is 26.5. The van der Waals surface area contributed by atoms with E-state index >= 15 is 0 Å². The third kappa shape index (κ3) is 4.09. The molecule has 1 aliphatic heterocycles. The molecule has 198 valence electrons. The number of hydrogen-bond acceptors (Lipinski definition) is 10. The summed E-state index contributed by atoms with van der Waals surface area (Å²) in [7, 11) is 0. The van der Waals surface area contributed by atoms with E-state index in [-0.39, 0.29) is 24.0 Å². The van der Waals surface area contributed by atoms with E-state index < -0.39 is 58.8 Å². The van der Waals surface area contributed by atoms with Crippen LogP contribution in [0.2, 0.25) is 0 Å². The highest BCUT2D eigenvalue weighted by atomic mass is 16.6. The van der Waals surface area contributed by atoms with Gasteiger partial charge in [-0.1, -0.05) is 6.92 Å². The molecule has 1 saturated heterocycles. The molecule has 1 aromatic rings. The fourth-order valence-electron chi connectivity index (χ4n) is 6.76. The van der Waals surface area contributed by atoms with Crippen molar-refractivity contribution in [2.24, 2.45) is 17.3 Å². The van der Waals surface area contributed by atoms with Gasteiger partial charge in [-0.15, -0.1) is 0 Å². The molecule has 4 rings (SSSR count). The molecule has 0 N–H and O–H groups in total. The van der Waals surface area contributed by atoms with Crippen molar-refractivity contribution >= 4 is 23.9 Å².